The summed E-state index contributed by atoms with van der Waals surface area (Å²) in [6.07, 6.45) is 0.452. The van der Waals surface area contributed by atoms with Crippen LogP contribution in [0.3, 0.4) is 0 Å². The van der Waals surface area contributed by atoms with Crippen molar-refractivity contribution >= 4 is 30.1 Å². The predicted molar refractivity (Wildman–Crippen MR) is 82.9 cm³/mol. The first kappa shape index (κ1) is 18.3. The molecule has 5 N–H and O–H groups in total. The molecule has 0 bridgehead atoms. The monoisotopic (exact) mass is 321 g/mol. The summed E-state index contributed by atoms with van der Waals surface area (Å²) in [5.74, 6) is -1.41. The normalized spacial score (nSPS) is 12.8. The molecule has 1 aromatic carbocycles. The van der Waals surface area contributed by atoms with Gasteiger partial charge < -0.3 is 26.3 Å². The van der Waals surface area contributed by atoms with Gasteiger partial charge in [-0.25, -0.2) is 0 Å². The van der Waals surface area contributed by atoms with Crippen molar-refractivity contribution in [1.82, 2.24) is 5.32 Å². The minimum atomic E-state index is -0.998. The first-order valence-corrected chi connectivity index (χ1v) is 6.96. The molecule has 1 aromatic rings. The number of rotatable bonds is 9. The van der Waals surface area contributed by atoms with Gasteiger partial charge >= 0.3 is 0 Å². The summed E-state index contributed by atoms with van der Waals surface area (Å²) in [5.41, 5.74) is 5.79. The maximum Gasteiger partial charge on any atom is 0.252 e. The van der Waals surface area contributed by atoms with E-state index in [9.17, 15) is 24.3 Å². The van der Waals surface area contributed by atoms with E-state index >= 15 is 0 Å². The Balaban J connectivity index is 2.95. The van der Waals surface area contributed by atoms with Crippen LogP contribution < -0.4 is 16.4 Å². The molecule has 8 nitrogen and oxygen atoms in total. The fourth-order valence-electron chi connectivity index (χ4n) is 1.95. The maximum atomic E-state index is 12.2. The Morgan fingerprint density at radius 3 is 2.57 bits per heavy atom. The predicted octanol–water partition coefficient (Wildman–Crippen LogP) is -0.188. The van der Waals surface area contributed by atoms with E-state index < -0.39 is 24.1 Å². The Morgan fingerprint density at radius 1 is 1.35 bits per heavy atom. The van der Waals surface area contributed by atoms with Crippen LogP contribution >= 0.6 is 0 Å². The maximum absolute atomic E-state index is 12.2. The summed E-state index contributed by atoms with van der Waals surface area (Å²) in [7, 11) is 0. The van der Waals surface area contributed by atoms with Crippen molar-refractivity contribution in [2.24, 2.45) is 5.73 Å². The van der Waals surface area contributed by atoms with Crippen LogP contribution in [-0.2, 0) is 9.59 Å². The number of amides is 2. The van der Waals surface area contributed by atoms with Gasteiger partial charge in [0.25, 0.3) is 5.91 Å². The summed E-state index contributed by atoms with van der Waals surface area (Å²) in [6, 6.07) is 3.31. The number of aliphatic hydroxyl groups is 1. The van der Waals surface area contributed by atoms with Crippen LogP contribution in [0.5, 0.6) is 0 Å². The first-order chi connectivity index (χ1) is 10.9. The molecule has 0 heterocycles. The number of carbonyl (C=O) groups excluding carboxylic acids is 4. The number of anilines is 1. The molecular formula is C15H19N3O5. The third-order valence-electron chi connectivity index (χ3n) is 3.02. The van der Waals surface area contributed by atoms with Gasteiger partial charge in [-0.2, -0.15) is 0 Å². The van der Waals surface area contributed by atoms with Crippen LogP contribution in [0.4, 0.5) is 5.69 Å². The first-order valence-electron chi connectivity index (χ1n) is 6.96. The van der Waals surface area contributed by atoms with E-state index in [1.165, 1.54) is 25.1 Å². The number of carbonyl (C=O) groups is 4. The molecule has 0 saturated heterocycles. The lowest BCUT2D eigenvalue weighted by atomic mass is 10.1. The Bertz CT molecular complexity index is 601. The highest BCUT2D eigenvalue weighted by Gasteiger charge is 2.20. The number of primary amides is 1. The average molecular weight is 321 g/mol. The van der Waals surface area contributed by atoms with E-state index in [4.69, 9.17) is 5.73 Å². The molecule has 2 unspecified atom stereocenters. The summed E-state index contributed by atoms with van der Waals surface area (Å²) in [4.78, 5) is 45.0. The van der Waals surface area contributed by atoms with Gasteiger partial charge in [0, 0.05) is 23.2 Å². The molecule has 0 aliphatic heterocycles. The molecule has 0 radical (unpaired) electrons. The molecule has 124 valence electrons. The number of benzene rings is 1. The second kappa shape index (κ2) is 8.64. The van der Waals surface area contributed by atoms with Crippen LogP contribution in [0.25, 0.3) is 0 Å². The summed E-state index contributed by atoms with van der Waals surface area (Å²) in [5, 5.41) is 14.3. The zero-order valence-electron chi connectivity index (χ0n) is 12.6. The molecule has 8 heteroatoms. The molecule has 0 fully saturated rings. The van der Waals surface area contributed by atoms with E-state index in [2.05, 4.69) is 10.6 Å². The minimum absolute atomic E-state index is 0.0634. The van der Waals surface area contributed by atoms with Gasteiger partial charge in [0.1, 0.15) is 18.6 Å². The molecule has 0 saturated carbocycles. The standard InChI is InChI=1S/C15H19N3O5/c1-9(21)17-11-4-5-12(10(7-11)8-20)15(23)18-13(14(16)22)3-2-6-19/h4-9,13,17,21H,2-3H2,1H3,(H2,16,22)(H,18,23). The highest BCUT2D eigenvalue weighted by molar-refractivity contribution is 6.03. The molecule has 0 aliphatic rings. The average Bonchev–Trinajstić information content (AvgIpc) is 2.50. The third kappa shape index (κ3) is 5.51. The van der Waals surface area contributed by atoms with Crippen molar-refractivity contribution in [1.29, 1.82) is 0 Å². The molecule has 23 heavy (non-hydrogen) atoms. The second-order valence-electron chi connectivity index (χ2n) is 4.91. The lowest BCUT2D eigenvalue weighted by molar-refractivity contribution is -0.120. The Labute approximate surface area is 133 Å². The molecule has 0 aliphatic carbocycles. The Morgan fingerprint density at radius 2 is 2.04 bits per heavy atom. The van der Waals surface area contributed by atoms with Crippen molar-refractivity contribution in [3.63, 3.8) is 0 Å². The molecule has 2 atom stereocenters. The Kier molecular flexibility index (Phi) is 6.88. The van der Waals surface area contributed by atoms with Crippen molar-refractivity contribution in [2.45, 2.75) is 32.0 Å². The smallest absolute Gasteiger partial charge is 0.252 e. The lowest BCUT2D eigenvalue weighted by Crippen LogP contribution is -2.44. The van der Waals surface area contributed by atoms with E-state index in [0.29, 0.717) is 18.3 Å². The largest absolute Gasteiger partial charge is 0.374 e. The zero-order valence-corrected chi connectivity index (χ0v) is 12.6. The Hall–Kier alpha value is -2.74. The summed E-state index contributed by atoms with van der Waals surface area (Å²) in [6.45, 7) is 1.51. The number of nitrogens with one attached hydrogen (secondary N) is 2. The van der Waals surface area contributed by atoms with E-state index in [-0.39, 0.29) is 24.0 Å². The van der Waals surface area contributed by atoms with Gasteiger partial charge in [0.05, 0.1) is 0 Å². The van der Waals surface area contributed by atoms with Gasteiger partial charge in [0.2, 0.25) is 5.91 Å². The van der Waals surface area contributed by atoms with Gasteiger partial charge in [-0.3, -0.25) is 14.4 Å². The van der Waals surface area contributed by atoms with Gasteiger partial charge in [-0.1, -0.05) is 0 Å². The van der Waals surface area contributed by atoms with Gasteiger partial charge in [-0.15, -0.1) is 0 Å². The quantitative estimate of drug-likeness (QED) is 0.367. The van der Waals surface area contributed by atoms with Gasteiger partial charge in [-0.05, 0) is 31.5 Å². The highest BCUT2D eigenvalue weighted by Crippen LogP contribution is 2.15. The minimum Gasteiger partial charge on any atom is -0.374 e. The van der Waals surface area contributed by atoms with E-state index in [1.807, 2.05) is 0 Å². The van der Waals surface area contributed by atoms with E-state index in [1.54, 1.807) is 0 Å². The van der Waals surface area contributed by atoms with Crippen LogP contribution in [0, 0.1) is 0 Å². The number of aldehydes is 2. The number of nitrogens with two attached hydrogens (primary N) is 1. The number of hydrogen-bond donors (Lipinski definition) is 4. The highest BCUT2D eigenvalue weighted by atomic mass is 16.3. The molecule has 1 rings (SSSR count). The molecule has 0 spiro atoms. The van der Waals surface area contributed by atoms with Crippen molar-refractivity contribution in [3.8, 4) is 0 Å². The molecule has 2 amide bonds. The van der Waals surface area contributed by atoms with Crippen molar-refractivity contribution < 1.29 is 24.3 Å². The lowest BCUT2D eigenvalue weighted by Gasteiger charge is -2.16. The third-order valence-corrected chi connectivity index (χ3v) is 3.02. The number of hydrogen-bond acceptors (Lipinski definition) is 6. The van der Waals surface area contributed by atoms with Gasteiger partial charge in [0.15, 0.2) is 6.29 Å². The molecular weight excluding hydrogens is 302 g/mol. The second-order valence-corrected chi connectivity index (χ2v) is 4.91. The van der Waals surface area contributed by atoms with E-state index in [0.717, 1.165) is 0 Å². The topological polar surface area (TPSA) is 139 Å². The fourth-order valence-corrected chi connectivity index (χ4v) is 1.95. The number of aliphatic hydroxyl groups excluding tert-OH is 1. The van der Waals surface area contributed by atoms with Crippen LogP contribution in [0.15, 0.2) is 18.2 Å². The fraction of sp³-hybridized carbons (Fsp3) is 0.333. The van der Waals surface area contributed by atoms with Crippen LogP contribution in [0.2, 0.25) is 0 Å². The van der Waals surface area contributed by atoms with Crippen LogP contribution in [-0.4, -0.2) is 41.8 Å². The SMILES string of the molecule is CC(O)Nc1ccc(C(=O)NC(CCC=O)C(N)=O)c(C=O)c1. The summed E-state index contributed by atoms with van der Waals surface area (Å²) < 4.78 is 0. The van der Waals surface area contributed by atoms with Crippen molar-refractivity contribution in [2.75, 3.05) is 5.32 Å². The summed E-state index contributed by atoms with van der Waals surface area (Å²) >= 11 is 0. The van der Waals surface area contributed by atoms with Crippen LogP contribution in [0.1, 0.15) is 40.5 Å². The zero-order chi connectivity index (χ0) is 17.4. The van der Waals surface area contributed by atoms with Crippen molar-refractivity contribution in [3.05, 3.63) is 29.3 Å². The molecule has 0 aromatic heterocycles.